The summed E-state index contributed by atoms with van der Waals surface area (Å²) in [6.45, 7) is 4.35. The van der Waals surface area contributed by atoms with E-state index in [-0.39, 0.29) is 5.25 Å². The first-order chi connectivity index (χ1) is 9.40. The summed E-state index contributed by atoms with van der Waals surface area (Å²) in [5.41, 5.74) is -0.409. The van der Waals surface area contributed by atoms with Crippen LogP contribution in [0.2, 0.25) is 0 Å². The van der Waals surface area contributed by atoms with Gasteiger partial charge in [-0.05, 0) is 49.3 Å². The van der Waals surface area contributed by atoms with Gasteiger partial charge >= 0.3 is 5.97 Å². The van der Waals surface area contributed by atoms with Crippen molar-refractivity contribution < 1.29 is 18.5 Å². The van der Waals surface area contributed by atoms with Gasteiger partial charge in [-0.15, -0.1) is 0 Å². The summed E-state index contributed by atoms with van der Waals surface area (Å²) in [5.74, 6) is -0.973. The number of hydrogen-bond acceptors (Lipinski definition) is 2. The number of carboxylic acids is 1. The molecule has 0 heterocycles. The zero-order valence-electron chi connectivity index (χ0n) is 11.6. The first kappa shape index (κ1) is 15.2. The van der Waals surface area contributed by atoms with Crippen molar-refractivity contribution in [3.05, 3.63) is 29.6 Å². The Hall–Kier alpha value is -1.23. The van der Waals surface area contributed by atoms with Gasteiger partial charge in [0.15, 0.2) is 0 Å². The molecular formula is C15H19FO3S. The quantitative estimate of drug-likeness (QED) is 0.929. The number of rotatable bonds is 3. The van der Waals surface area contributed by atoms with E-state index >= 15 is 0 Å². The lowest BCUT2D eigenvalue weighted by atomic mass is 9.81. The predicted octanol–water partition coefficient (Wildman–Crippen LogP) is 3.46. The third-order valence-corrected chi connectivity index (χ3v) is 6.01. The van der Waals surface area contributed by atoms with E-state index in [9.17, 15) is 13.4 Å². The topological polar surface area (TPSA) is 54.4 Å². The van der Waals surface area contributed by atoms with Crippen LogP contribution in [0.1, 0.15) is 43.5 Å². The molecule has 1 aliphatic carbocycles. The van der Waals surface area contributed by atoms with Crippen LogP contribution in [0.25, 0.3) is 0 Å². The van der Waals surface area contributed by atoms with Gasteiger partial charge in [-0.25, -0.2) is 9.18 Å². The Bertz CT molecular complexity index is 544. The Balaban J connectivity index is 2.21. The zero-order chi connectivity index (χ0) is 14.9. The average Bonchev–Trinajstić information content (AvgIpc) is 2.41. The molecule has 20 heavy (non-hydrogen) atoms. The molecule has 0 spiro atoms. The molecule has 0 aromatic heterocycles. The highest BCUT2D eigenvalue weighted by Gasteiger charge is 2.29. The maximum absolute atomic E-state index is 13.4. The molecule has 1 aromatic rings. The van der Waals surface area contributed by atoms with Crippen molar-refractivity contribution in [2.24, 2.45) is 11.8 Å². The van der Waals surface area contributed by atoms with Crippen molar-refractivity contribution in [1.29, 1.82) is 0 Å². The van der Waals surface area contributed by atoms with Crippen molar-refractivity contribution in [3.63, 3.8) is 0 Å². The third-order valence-electron chi connectivity index (χ3n) is 4.25. The van der Waals surface area contributed by atoms with E-state index in [1.54, 1.807) is 0 Å². The Labute approximate surface area is 120 Å². The molecule has 1 N–H and O–H groups in total. The highest BCUT2D eigenvalue weighted by molar-refractivity contribution is 7.85. The van der Waals surface area contributed by atoms with Gasteiger partial charge in [0.1, 0.15) is 5.82 Å². The van der Waals surface area contributed by atoms with E-state index in [0.29, 0.717) is 16.7 Å². The van der Waals surface area contributed by atoms with Crippen molar-refractivity contribution in [2.75, 3.05) is 0 Å². The van der Waals surface area contributed by atoms with E-state index in [4.69, 9.17) is 5.11 Å². The van der Waals surface area contributed by atoms with Crippen LogP contribution in [0, 0.1) is 17.7 Å². The summed E-state index contributed by atoms with van der Waals surface area (Å²) >= 11 is 0. The van der Waals surface area contributed by atoms with E-state index in [1.807, 2.05) is 0 Å². The SMILES string of the molecule is CC1CCC(S(=O)c2ccc(F)c(C(=O)O)c2)CC1C. The standard InChI is InChI=1S/C15H19FO3S/c1-9-3-4-11(7-10(9)2)20(19)12-5-6-14(16)13(8-12)15(17)18/h5-6,8-11H,3-4,7H2,1-2H3,(H,17,18). The molecule has 5 heteroatoms. The van der Waals surface area contributed by atoms with Crippen molar-refractivity contribution in [1.82, 2.24) is 0 Å². The summed E-state index contributed by atoms with van der Waals surface area (Å²) < 4.78 is 25.9. The lowest BCUT2D eigenvalue weighted by Gasteiger charge is -2.31. The van der Waals surface area contributed by atoms with Crippen molar-refractivity contribution in [3.8, 4) is 0 Å². The molecule has 3 nitrogen and oxygen atoms in total. The molecule has 0 aliphatic heterocycles. The molecule has 1 fully saturated rings. The van der Waals surface area contributed by atoms with Gasteiger partial charge in [0.25, 0.3) is 0 Å². The maximum Gasteiger partial charge on any atom is 0.338 e. The molecule has 2 rings (SSSR count). The Morgan fingerprint density at radius 3 is 2.60 bits per heavy atom. The minimum absolute atomic E-state index is 0.0355. The van der Waals surface area contributed by atoms with E-state index in [2.05, 4.69) is 13.8 Å². The molecule has 0 bridgehead atoms. The fourth-order valence-corrected chi connectivity index (χ4v) is 4.33. The van der Waals surface area contributed by atoms with Crippen LogP contribution < -0.4 is 0 Å². The molecule has 110 valence electrons. The first-order valence-corrected chi connectivity index (χ1v) is 8.05. The van der Waals surface area contributed by atoms with Crippen LogP contribution in [-0.4, -0.2) is 20.5 Å². The van der Waals surface area contributed by atoms with E-state index in [0.717, 1.165) is 25.3 Å². The molecule has 4 unspecified atom stereocenters. The molecule has 1 aromatic carbocycles. The molecule has 0 amide bonds. The van der Waals surface area contributed by atoms with Crippen LogP contribution in [0.15, 0.2) is 23.1 Å². The minimum Gasteiger partial charge on any atom is -0.478 e. The number of carbonyl (C=O) groups is 1. The number of carboxylic acid groups (broad SMARTS) is 1. The molecule has 0 radical (unpaired) electrons. The fourth-order valence-electron chi connectivity index (χ4n) is 2.68. The van der Waals surface area contributed by atoms with E-state index < -0.39 is 28.1 Å². The summed E-state index contributed by atoms with van der Waals surface area (Å²) in [6.07, 6.45) is 2.77. The van der Waals surface area contributed by atoms with Crippen LogP contribution in [0.5, 0.6) is 0 Å². The number of benzene rings is 1. The molecule has 1 aliphatic rings. The van der Waals surface area contributed by atoms with Gasteiger partial charge in [-0.3, -0.25) is 4.21 Å². The highest BCUT2D eigenvalue weighted by atomic mass is 32.2. The summed E-state index contributed by atoms with van der Waals surface area (Å²) in [6, 6.07) is 3.72. The second kappa shape index (κ2) is 6.04. The lowest BCUT2D eigenvalue weighted by Crippen LogP contribution is -2.28. The lowest BCUT2D eigenvalue weighted by molar-refractivity contribution is 0.0691. The third kappa shape index (κ3) is 3.08. The normalized spacial score (nSPS) is 28.1. The van der Waals surface area contributed by atoms with Crippen molar-refractivity contribution >= 4 is 16.8 Å². The smallest absolute Gasteiger partial charge is 0.338 e. The van der Waals surface area contributed by atoms with Crippen LogP contribution in [0.3, 0.4) is 0 Å². The Morgan fingerprint density at radius 2 is 2.00 bits per heavy atom. The minimum atomic E-state index is -1.33. The fraction of sp³-hybridized carbons (Fsp3) is 0.533. The second-order valence-corrected chi connectivity index (χ2v) is 7.37. The van der Waals surface area contributed by atoms with Gasteiger partial charge < -0.3 is 5.11 Å². The van der Waals surface area contributed by atoms with Gasteiger partial charge in [-0.1, -0.05) is 13.8 Å². The van der Waals surface area contributed by atoms with Gasteiger partial charge in [0.2, 0.25) is 0 Å². The maximum atomic E-state index is 13.4. The molecular weight excluding hydrogens is 279 g/mol. The number of hydrogen-bond donors (Lipinski definition) is 1. The van der Waals surface area contributed by atoms with Crippen molar-refractivity contribution in [2.45, 2.75) is 43.3 Å². The zero-order valence-corrected chi connectivity index (χ0v) is 12.5. The van der Waals surface area contributed by atoms with Crippen LogP contribution in [0.4, 0.5) is 4.39 Å². The molecule has 4 atom stereocenters. The highest BCUT2D eigenvalue weighted by Crippen LogP contribution is 2.33. The Morgan fingerprint density at radius 1 is 1.30 bits per heavy atom. The second-order valence-electron chi connectivity index (χ2n) is 5.63. The Kier molecular flexibility index (Phi) is 4.58. The molecule has 0 saturated heterocycles. The largest absolute Gasteiger partial charge is 0.478 e. The number of aromatic carboxylic acids is 1. The number of halogens is 1. The monoisotopic (exact) mass is 298 g/mol. The summed E-state index contributed by atoms with van der Waals surface area (Å²) in [5, 5.41) is 8.96. The van der Waals surface area contributed by atoms with E-state index in [1.165, 1.54) is 12.1 Å². The summed E-state index contributed by atoms with van der Waals surface area (Å²) in [7, 11) is -1.27. The van der Waals surface area contributed by atoms with Crippen LogP contribution in [-0.2, 0) is 10.8 Å². The predicted molar refractivity (Wildman–Crippen MR) is 75.7 cm³/mol. The van der Waals surface area contributed by atoms with Gasteiger partial charge in [0, 0.05) is 10.1 Å². The first-order valence-electron chi connectivity index (χ1n) is 6.83. The van der Waals surface area contributed by atoms with Gasteiger partial charge in [0.05, 0.1) is 16.4 Å². The van der Waals surface area contributed by atoms with Crippen LogP contribution >= 0.6 is 0 Å². The summed E-state index contributed by atoms with van der Waals surface area (Å²) in [4.78, 5) is 11.3. The molecule has 1 saturated carbocycles. The van der Waals surface area contributed by atoms with Gasteiger partial charge in [-0.2, -0.15) is 0 Å². The average molecular weight is 298 g/mol.